The van der Waals surface area contributed by atoms with Gasteiger partial charge in [0.2, 0.25) is 0 Å². The molecule has 20 heavy (non-hydrogen) atoms. The minimum absolute atomic E-state index is 0.0132. The number of nitrogens with two attached hydrogens (primary N) is 1. The van der Waals surface area contributed by atoms with Crippen molar-refractivity contribution in [3.8, 4) is 0 Å². The number of hydrogen-bond acceptors (Lipinski definition) is 4. The molecule has 0 aliphatic heterocycles. The molecule has 0 bridgehead atoms. The maximum absolute atomic E-state index is 13.3. The smallest absolute Gasteiger partial charge is 0.292 e. The fraction of sp³-hybridized carbons (Fsp3) is 0. The van der Waals surface area contributed by atoms with E-state index in [0.29, 0.717) is 11.4 Å². The van der Waals surface area contributed by atoms with Gasteiger partial charge < -0.3 is 11.1 Å². The Kier molecular flexibility index (Phi) is 3.96. The second kappa shape index (κ2) is 5.52. The zero-order valence-corrected chi connectivity index (χ0v) is 11.4. The van der Waals surface area contributed by atoms with Crippen molar-refractivity contribution in [3.05, 3.63) is 56.3 Å². The normalized spacial score (nSPS) is 10.3. The van der Waals surface area contributed by atoms with Gasteiger partial charge in [0.1, 0.15) is 5.69 Å². The molecule has 0 radical (unpaired) electrons. The van der Waals surface area contributed by atoms with Crippen LogP contribution in [0.1, 0.15) is 0 Å². The number of nitrogens with zero attached hydrogens (tertiary/aromatic N) is 1. The predicted octanol–water partition coefficient (Wildman–Crippen LogP) is 4.37. The van der Waals surface area contributed by atoms with Crippen molar-refractivity contribution < 1.29 is 9.31 Å². The molecule has 2 aromatic rings. The summed E-state index contributed by atoms with van der Waals surface area (Å²) in [6.07, 6.45) is 0. The van der Waals surface area contributed by atoms with Crippen LogP contribution in [-0.4, -0.2) is 4.92 Å². The van der Waals surface area contributed by atoms with Crippen LogP contribution in [-0.2, 0) is 0 Å². The summed E-state index contributed by atoms with van der Waals surface area (Å²) >= 11 is 11.3. The zero-order chi connectivity index (χ0) is 14.9. The van der Waals surface area contributed by atoms with Crippen LogP contribution in [0.3, 0.4) is 0 Å². The summed E-state index contributed by atoms with van der Waals surface area (Å²) in [5.74, 6) is -0.706. The van der Waals surface area contributed by atoms with Gasteiger partial charge >= 0.3 is 0 Å². The molecule has 0 saturated carbocycles. The Bertz CT molecular complexity index is 671. The Labute approximate surface area is 123 Å². The number of rotatable bonds is 3. The van der Waals surface area contributed by atoms with Gasteiger partial charge in [-0.15, -0.1) is 0 Å². The van der Waals surface area contributed by atoms with Crippen LogP contribution in [0.15, 0.2) is 30.3 Å². The van der Waals surface area contributed by atoms with Gasteiger partial charge in [0, 0.05) is 17.4 Å². The van der Waals surface area contributed by atoms with E-state index in [-0.39, 0.29) is 21.4 Å². The van der Waals surface area contributed by atoms with Gasteiger partial charge in [0.05, 0.1) is 15.0 Å². The third-order valence-electron chi connectivity index (χ3n) is 2.50. The fourth-order valence-corrected chi connectivity index (χ4v) is 2.08. The molecule has 8 heteroatoms. The van der Waals surface area contributed by atoms with E-state index in [1.807, 2.05) is 0 Å². The molecule has 5 nitrogen and oxygen atoms in total. The van der Waals surface area contributed by atoms with Crippen molar-refractivity contribution in [2.75, 3.05) is 11.1 Å². The monoisotopic (exact) mass is 315 g/mol. The first kappa shape index (κ1) is 14.4. The zero-order valence-electron chi connectivity index (χ0n) is 9.86. The lowest BCUT2D eigenvalue weighted by molar-refractivity contribution is -0.383. The molecular weight excluding hydrogens is 308 g/mol. The van der Waals surface area contributed by atoms with Crippen molar-refractivity contribution in [2.24, 2.45) is 0 Å². The van der Waals surface area contributed by atoms with E-state index in [1.54, 1.807) is 0 Å². The summed E-state index contributed by atoms with van der Waals surface area (Å²) in [5, 5.41) is 13.3. The highest BCUT2D eigenvalue weighted by Gasteiger charge is 2.12. The van der Waals surface area contributed by atoms with Crippen LogP contribution in [0.4, 0.5) is 27.1 Å². The molecule has 0 atom stereocenters. The van der Waals surface area contributed by atoms with Gasteiger partial charge in [-0.1, -0.05) is 23.2 Å². The molecule has 2 aromatic carbocycles. The quantitative estimate of drug-likeness (QED) is 0.381. The number of nitro groups is 1. The van der Waals surface area contributed by atoms with Gasteiger partial charge in [0.15, 0.2) is 5.82 Å². The molecule has 0 fully saturated rings. The SMILES string of the molecule is Nc1cc(Nc2cc(Cl)c(F)c(Cl)c2)ccc1[N+](=O)[O-]. The van der Waals surface area contributed by atoms with Crippen LogP contribution in [0.25, 0.3) is 0 Å². The second-order valence-electron chi connectivity index (χ2n) is 3.91. The summed E-state index contributed by atoms with van der Waals surface area (Å²) in [4.78, 5) is 10.1. The molecule has 0 unspecified atom stereocenters. The second-order valence-corrected chi connectivity index (χ2v) is 4.72. The standard InChI is InChI=1S/C12H8Cl2FN3O2/c13-8-3-7(4-9(14)12(8)15)17-6-1-2-11(18(19)20)10(16)5-6/h1-5,17H,16H2. The summed E-state index contributed by atoms with van der Waals surface area (Å²) in [6, 6.07) is 6.83. The summed E-state index contributed by atoms with van der Waals surface area (Å²) in [7, 11) is 0. The first-order valence-electron chi connectivity index (χ1n) is 5.34. The lowest BCUT2D eigenvalue weighted by Gasteiger charge is -2.09. The number of benzene rings is 2. The number of halogens is 3. The summed E-state index contributed by atoms with van der Waals surface area (Å²) in [5.41, 5.74) is 6.32. The van der Waals surface area contributed by atoms with Crippen LogP contribution >= 0.6 is 23.2 Å². The van der Waals surface area contributed by atoms with E-state index in [4.69, 9.17) is 28.9 Å². The van der Waals surface area contributed by atoms with Crippen molar-refractivity contribution in [1.29, 1.82) is 0 Å². The average Bonchev–Trinajstić information content (AvgIpc) is 2.35. The molecule has 0 spiro atoms. The Morgan fingerprint density at radius 2 is 1.75 bits per heavy atom. The van der Waals surface area contributed by atoms with E-state index >= 15 is 0 Å². The lowest BCUT2D eigenvalue weighted by atomic mass is 10.2. The maximum Gasteiger partial charge on any atom is 0.292 e. The van der Waals surface area contributed by atoms with Gasteiger partial charge in [-0.3, -0.25) is 10.1 Å². The van der Waals surface area contributed by atoms with Gasteiger partial charge in [0.25, 0.3) is 5.69 Å². The third kappa shape index (κ3) is 2.92. The third-order valence-corrected chi connectivity index (χ3v) is 3.05. The van der Waals surface area contributed by atoms with Crippen LogP contribution in [0.5, 0.6) is 0 Å². The molecule has 0 saturated heterocycles. The Hall–Kier alpha value is -2.05. The number of anilines is 3. The van der Waals surface area contributed by atoms with Crippen molar-refractivity contribution in [3.63, 3.8) is 0 Å². The molecule has 104 valence electrons. The number of nitrogen functional groups attached to an aromatic ring is 1. The van der Waals surface area contributed by atoms with E-state index < -0.39 is 10.7 Å². The topological polar surface area (TPSA) is 81.2 Å². The van der Waals surface area contributed by atoms with E-state index in [9.17, 15) is 14.5 Å². The maximum atomic E-state index is 13.3. The number of nitrogens with one attached hydrogen (secondary N) is 1. The van der Waals surface area contributed by atoms with Crippen molar-refractivity contribution >= 4 is 46.0 Å². The lowest BCUT2D eigenvalue weighted by Crippen LogP contribution is -1.98. The Morgan fingerprint density at radius 1 is 1.15 bits per heavy atom. The number of hydrogen-bond donors (Lipinski definition) is 2. The van der Waals surface area contributed by atoms with E-state index in [1.165, 1.54) is 30.3 Å². The molecule has 0 aliphatic rings. The molecular formula is C12H8Cl2FN3O2. The molecule has 0 heterocycles. The van der Waals surface area contributed by atoms with Gasteiger partial charge in [-0.2, -0.15) is 0 Å². The fourth-order valence-electron chi connectivity index (χ4n) is 1.59. The highest BCUT2D eigenvalue weighted by atomic mass is 35.5. The molecule has 0 amide bonds. The largest absolute Gasteiger partial charge is 0.393 e. The first-order valence-corrected chi connectivity index (χ1v) is 6.09. The Morgan fingerprint density at radius 3 is 2.25 bits per heavy atom. The van der Waals surface area contributed by atoms with E-state index in [2.05, 4.69) is 5.32 Å². The highest BCUT2D eigenvalue weighted by molar-refractivity contribution is 6.35. The average molecular weight is 316 g/mol. The van der Waals surface area contributed by atoms with Crippen LogP contribution < -0.4 is 11.1 Å². The minimum atomic E-state index is -0.706. The molecule has 0 aliphatic carbocycles. The van der Waals surface area contributed by atoms with Crippen LogP contribution in [0, 0.1) is 15.9 Å². The molecule has 0 aromatic heterocycles. The molecule has 2 rings (SSSR count). The highest BCUT2D eigenvalue weighted by Crippen LogP contribution is 2.31. The van der Waals surface area contributed by atoms with Crippen molar-refractivity contribution in [1.82, 2.24) is 0 Å². The van der Waals surface area contributed by atoms with Gasteiger partial charge in [-0.05, 0) is 24.3 Å². The van der Waals surface area contributed by atoms with Crippen LogP contribution in [0.2, 0.25) is 10.0 Å². The van der Waals surface area contributed by atoms with Crippen molar-refractivity contribution in [2.45, 2.75) is 0 Å². The predicted molar refractivity (Wildman–Crippen MR) is 77.2 cm³/mol. The summed E-state index contributed by atoms with van der Waals surface area (Å²) in [6.45, 7) is 0. The molecule has 3 N–H and O–H groups in total. The van der Waals surface area contributed by atoms with E-state index in [0.717, 1.165) is 0 Å². The van der Waals surface area contributed by atoms with Gasteiger partial charge in [-0.25, -0.2) is 4.39 Å². The number of nitro benzene ring substituents is 1. The summed E-state index contributed by atoms with van der Waals surface area (Å²) < 4.78 is 13.3. The minimum Gasteiger partial charge on any atom is -0.393 e. The Balaban J connectivity index is 2.31. The first-order chi connectivity index (χ1) is 9.38.